The van der Waals surface area contributed by atoms with Crippen LogP contribution in [0.15, 0.2) is 54.6 Å². The fraction of sp³-hybridized carbons (Fsp3) is 0.455. The highest BCUT2D eigenvalue weighted by atomic mass is 16.5. The van der Waals surface area contributed by atoms with Crippen LogP contribution in [0.3, 0.4) is 0 Å². The smallest absolute Gasteiger partial charge is 0.137 e. The Balaban J connectivity index is 1.39. The van der Waals surface area contributed by atoms with Crippen molar-refractivity contribution < 1.29 is 14.7 Å². The van der Waals surface area contributed by atoms with Gasteiger partial charge in [-0.15, -0.1) is 0 Å². The van der Waals surface area contributed by atoms with E-state index in [0.717, 1.165) is 38.5 Å². The second-order valence-corrected chi connectivity index (χ2v) is 7.47. The van der Waals surface area contributed by atoms with Gasteiger partial charge in [0.05, 0.1) is 26.2 Å². The Morgan fingerprint density at radius 2 is 1.65 bits per heavy atom. The maximum Gasteiger partial charge on any atom is 0.137 e. The van der Waals surface area contributed by atoms with Gasteiger partial charge in [-0.05, 0) is 35.7 Å². The van der Waals surface area contributed by atoms with E-state index in [-0.39, 0.29) is 0 Å². The van der Waals surface area contributed by atoms with Gasteiger partial charge in [0.2, 0.25) is 0 Å². The Labute approximate surface area is 157 Å². The molecule has 0 radical (unpaired) electrons. The van der Waals surface area contributed by atoms with Gasteiger partial charge < -0.3 is 19.6 Å². The Kier molecular flexibility index (Phi) is 6.53. The number of nitrogens with one attached hydrogen (secondary N) is 1. The lowest BCUT2D eigenvalue weighted by Gasteiger charge is -2.34. The van der Waals surface area contributed by atoms with Crippen LogP contribution in [-0.4, -0.2) is 50.5 Å². The summed E-state index contributed by atoms with van der Waals surface area (Å²) in [6.45, 7) is 9.62. The molecule has 1 aliphatic heterocycles. The minimum absolute atomic E-state index is 0.354. The SMILES string of the molecule is CC(C)c1ccc(OCC(O)C[NH+]2CCN(c3ccccc3)CC2)cc1. The zero-order chi connectivity index (χ0) is 18.4. The predicted molar refractivity (Wildman–Crippen MR) is 106 cm³/mol. The molecule has 3 rings (SSSR count). The van der Waals surface area contributed by atoms with Crippen LogP contribution >= 0.6 is 0 Å². The molecule has 0 aromatic heterocycles. The number of anilines is 1. The third-order valence-electron chi connectivity index (χ3n) is 5.11. The van der Waals surface area contributed by atoms with Gasteiger partial charge in [-0.3, -0.25) is 0 Å². The van der Waals surface area contributed by atoms with Crippen molar-refractivity contribution in [1.29, 1.82) is 0 Å². The molecular formula is C22H31N2O2+. The summed E-state index contributed by atoms with van der Waals surface area (Å²) in [5.41, 5.74) is 2.60. The lowest BCUT2D eigenvalue weighted by Crippen LogP contribution is -3.16. The molecule has 0 saturated carbocycles. The summed E-state index contributed by atoms with van der Waals surface area (Å²) in [4.78, 5) is 3.87. The number of aliphatic hydroxyl groups is 1. The van der Waals surface area contributed by atoms with Gasteiger partial charge in [-0.1, -0.05) is 44.2 Å². The summed E-state index contributed by atoms with van der Waals surface area (Å²) in [6.07, 6.45) is -0.432. The van der Waals surface area contributed by atoms with Crippen molar-refractivity contribution in [1.82, 2.24) is 0 Å². The summed E-state index contributed by atoms with van der Waals surface area (Å²) in [5.74, 6) is 1.35. The molecule has 2 aromatic carbocycles. The molecule has 1 unspecified atom stereocenters. The molecule has 0 amide bonds. The number of ether oxygens (including phenoxy) is 1. The van der Waals surface area contributed by atoms with E-state index in [1.54, 1.807) is 0 Å². The highest BCUT2D eigenvalue weighted by Crippen LogP contribution is 2.18. The van der Waals surface area contributed by atoms with Crippen molar-refractivity contribution in [3.8, 4) is 5.75 Å². The number of hydrogen-bond donors (Lipinski definition) is 2. The van der Waals surface area contributed by atoms with Crippen LogP contribution in [0.2, 0.25) is 0 Å². The molecule has 0 aliphatic carbocycles. The summed E-state index contributed by atoms with van der Waals surface area (Å²) < 4.78 is 5.76. The van der Waals surface area contributed by atoms with Crippen molar-refractivity contribution in [3.05, 3.63) is 60.2 Å². The van der Waals surface area contributed by atoms with E-state index in [1.165, 1.54) is 16.2 Å². The highest BCUT2D eigenvalue weighted by Gasteiger charge is 2.22. The molecule has 26 heavy (non-hydrogen) atoms. The van der Waals surface area contributed by atoms with Crippen LogP contribution in [-0.2, 0) is 0 Å². The van der Waals surface area contributed by atoms with E-state index < -0.39 is 6.10 Å². The van der Waals surface area contributed by atoms with E-state index in [1.807, 2.05) is 12.1 Å². The van der Waals surface area contributed by atoms with E-state index in [0.29, 0.717) is 12.5 Å². The number of aliphatic hydroxyl groups excluding tert-OH is 1. The maximum absolute atomic E-state index is 10.3. The summed E-state index contributed by atoms with van der Waals surface area (Å²) >= 11 is 0. The van der Waals surface area contributed by atoms with E-state index in [9.17, 15) is 5.11 Å². The molecule has 4 nitrogen and oxygen atoms in total. The van der Waals surface area contributed by atoms with Crippen molar-refractivity contribution in [2.75, 3.05) is 44.2 Å². The van der Waals surface area contributed by atoms with Crippen LogP contribution in [0.25, 0.3) is 0 Å². The Bertz CT molecular complexity index is 650. The number of rotatable bonds is 7. The average molecular weight is 356 g/mol. The highest BCUT2D eigenvalue weighted by molar-refractivity contribution is 5.46. The largest absolute Gasteiger partial charge is 0.491 e. The van der Waals surface area contributed by atoms with Crippen molar-refractivity contribution in [3.63, 3.8) is 0 Å². The second kappa shape index (κ2) is 9.06. The number of benzene rings is 2. The monoisotopic (exact) mass is 355 g/mol. The Morgan fingerprint density at radius 3 is 2.27 bits per heavy atom. The zero-order valence-electron chi connectivity index (χ0n) is 15.9. The molecular weight excluding hydrogens is 324 g/mol. The molecule has 2 aromatic rings. The topological polar surface area (TPSA) is 37.1 Å². The van der Waals surface area contributed by atoms with Crippen LogP contribution in [0.5, 0.6) is 5.75 Å². The van der Waals surface area contributed by atoms with Gasteiger partial charge in [0.1, 0.15) is 25.0 Å². The molecule has 2 N–H and O–H groups in total. The summed E-state index contributed by atoms with van der Waals surface area (Å²) in [6, 6.07) is 18.7. The van der Waals surface area contributed by atoms with Gasteiger partial charge in [-0.2, -0.15) is 0 Å². The molecule has 0 spiro atoms. The zero-order valence-corrected chi connectivity index (χ0v) is 15.9. The Hall–Kier alpha value is -2.04. The average Bonchev–Trinajstić information content (AvgIpc) is 2.68. The van der Waals surface area contributed by atoms with Gasteiger partial charge in [0.25, 0.3) is 0 Å². The number of piperazine rings is 1. The summed E-state index contributed by atoms with van der Waals surface area (Å²) in [5, 5.41) is 10.3. The maximum atomic E-state index is 10.3. The fourth-order valence-electron chi connectivity index (χ4n) is 3.46. The van der Waals surface area contributed by atoms with E-state index in [4.69, 9.17) is 4.74 Å². The molecule has 1 heterocycles. The van der Waals surface area contributed by atoms with Gasteiger partial charge in [0, 0.05) is 5.69 Å². The molecule has 1 aliphatic rings. The number of quaternary nitrogens is 1. The summed E-state index contributed by atoms with van der Waals surface area (Å²) in [7, 11) is 0. The van der Waals surface area contributed by atoms with Crippen LogP contribution in [0.4, 0.5) is 5.69 Å². The Morgan fingerprint density at radius 1 is 1.00 bits per heavy atom. The molecule has 0 bridgehead atoms. The van der Waals surface area contributed by atoms with Crippen molar-refractivity contribution in [2.45, 2.75) is 25.9 Å². The van der Waals surface area contributed by atoms with Crippen molar-refractivity contribution >= 4 is 5.69 Å². The predicted octanol–water partition coefficient (Wildman–Crippen LogP) is 1.95. The van der Waals surface area contributed by atoms with Gasteiger partial charge in [0.15, 0.2) is 0 Å². The van der Waals surface area contributed by atoms with Gasteiger partial charge in [-0.25, -0.2) is 0 Å². The minimum Gasteiger partial charge on any atom is -0.491 e. The first-order chi connectivity index (χ1) is 12.6. The first-order valence-electron chi connectivity index (χ1n) is 9.66. The molecule has 1 fully saturated rings. The first-order valence-corrected chi connectivity index (χ1v) is 9.66. The number of nitrogens with zero attached hydrogens (tertiary/aromatic N) is 1. The fourth-order valence-corrected chi connectivity index (χ4v) is 3.46. The lowest BCUT2D eigenvalue weighted by atomic mass is 10.0. The molecule has 1 atom stereocenters. The number of hydrogen-bond acceptors (Lipinski definition) is 3. The molecule has 4 heteroatoms. The van der Waals surface area contributed by atoms with E-state index in [2.05, 4.69) is 61.2 Å². The third-order valence-corrected chi connectivity index (χ3v) is 5.11. The number of para-hydroxylation sites is 1. The quantitative estimate of drug-likeness (QED) is 0.797. The lowest BCUT2D eigenvalue weighted by molar-refractivity contribution is -0.903. The third kappa shape index (κ3) is 5.23. The van der Waals surface area contributed by atoms with E-state index >= 15 is 0 Å². The second-order valence-electron chi connectivity index (χ2n) is 7.47. The molecule has 140 valence electrons. The van der Waals surface area contributed by atoms with Gasteiger partial charge >= 0.3 is 0 Å². The first kappa shape index (κ1) is 18.7. The van der Waals surface area contributed by atoms with Crippen LogP contribution in [0.1, 0.15) is 25.3 Å². The van der Waals surface area contributed by atoms with Crippen molar-refractivity contribution in [2.24, 2.45) is 0 Å². The minimum atomic E-state index is -0.432. The van der Waals surface area contributed by atoms with Crippen LogP contribution < -0.4 is 14.5 Å². The normalized spacial score (nSPS) is 16.7. The van der Waals surface area contributed by atoms with Crippen LogP contribution in [0, 0.1) is 0 Å². The molecule has 1 saturated heterocycles. The standard InChI is InChI=1S/C22H30N2O2/c1-18(2)19-8-10-22(11-9-19)26-17-21(25)16-23-12-14-24(15-13-23)20-6-4-3-5-7-20/h3-11,18,21,25H,12-17H2,1-2H3/p+1.